The van der Waals surface area contributed by atoms with Crippen LogP contribution in [-0.2, 0) is 20.9 Å². The smallest absolute Gasteiger partial charge is 0.328 e. The molecule has 1 amide bonds. The Morgan fingerprint density at radius 1 is 1.53 bits per heavy atom. The minimum absolute atomic E-state index is 0.00723. The number of amides is 1. The van der Waals surface area contributed by atoms with Crippen LogP contribution in [-0.4, -0.2) is 54.8 Å². The third-order valence-electron chi connectivity index (χ3n) is 2.83. The molecular weight excluding hydrogens is 254 g/mol. The first-order valence-electron chi connectivity index (χ1n) is 5.82. The zero-order chi connectivity index (χ0) is 13.8. The minimum Gasteiger partial charge on any atom is -0.480 e. The van der Waals surface area contributed by atoms with Crippen LogP contribution < -0.4 is 0 Å². The molecule has 19 heavy (non-hydrogen) atoms. The van der Waals surface area contributed by atoms with Crippen LogP contribution in [0, 0.1) is 0 Å². The molecule has 1 N–H and O–H groups in total. The molecule has 1 unspecified atom stereocenters. The molecule has 0 radical (unpaired) electrons. The van der Waals surface area contributed by atoms with Gasteiger partial charge in [-0.15, -0.1) is 0 Å². The zero-order valence-corrected chi connectivity index (χ0v) is 10.5. The third-order valence-corrected chi connectivity index (χ3v) is 2.83. The molecule has 1 aliphatic rings. The number of carboxylic acid groups (broad SMARTS) is 1. The van der Waals surface area contributed by atoms with Crippen LogP contribution in [0.25, 0.3) is 0 Å². The molecule has 2 heterocycles. The van der Waals surface area contributed by atoms with E-state index in [-0.39, 0.29) is 25.5 Å². The fourth-order valence-electron chi connectivity index (χ4n) is 1.91. The second-order valence-electron chi connectivity index (χ2n) is 4.13. The second kappa shape index (κ2) is 5.85. The first-order valence-corrected chi connectivity index (χ1v) is 5.82. The lowest BCUT2D eigenvalue weighted by Crippen LogP contribution is -2.52. The van der Waals surface area contributed by atoms with E-state index in [1.807, 2.05) is 0 Å². The Balaban J connectivity index is 2.14. The van der Waals surface area contributed by atoms with Gasteiger partial charge in [-0.2, -0.15) is 0 Å². The lowest BCUT2D eigenvalue weighted by Gasteiger charge is -2.32. The lowest BCUT2D eigenvalue weighted by atomic mass is 10.2. The molecule has 7 heteroatoms. The van der Waals surface area contributed by atoms with E-state index < -0.39 is 17.9 Å². The van der Waals surface area contributed by atoms with Crippen molar-refractivity contribution in [2.75, 3.05) is 26.9 Å². The van der Waals surface area contributed by atoms with Gasteiger partial charge in [0, 0.05) is 13.7 Å². The molecule has 0 aromatic carbocycles. The molecule has 0 bridgehead atoms. The molecule has 1 saturated heterocycles. The quantitative estimate of drug-likeness (QED) is 0.848. The van der Waals surface area contributed by atoms with Crippen molar-refractivity contribution in [1.29, 1.82) is 0 Å². The van der Waals surface area contributed by atoms with Crippen LogP contribution in [0.1, 0.15) is 16.3 Å². The van der Waals surface area contributed by atoms with Crippen molar-refractivity contribution in [1.82, 2.24) is 4.90 Å². The van der Waals surface area contributed by atoms with Crippen LogP contribution in [0.2, 0.25) is 0 Å². The fraction of sp³-hybridized carbons (Fsp3) is 0.500. The summed E-state index contributed by atoms with van der Waals surface area (Å²) in [4.78, 5) is 24.5. The highest BCUT2D eigenvalue weighted by molar-refractivity contribution is 5.94. The standard InChI is InChI=1S/C12H15NO6/c1-17-6-8-2-3-10(19-8)11(14)13-4-5-18-7-9(13)12(15)16/h2-3,9H,4-7H2,1H3,(H,15,16). The number of aliphatic carboxylic acids is 1. The first-order chi connectivity index (χ1) is 9.13. The molecule has 1 aliphatic heterocycles. The van der Waals surface area contributed by atoms with Gasteiger partial charge in [0.25, 0.3) is 5.91 Å². The van der Waals surface area contributed by atoms with E-state index in [2.05, 4.69) is 0 Å². The van der Waals surface area contributed by atoms with E-state index >= 15 is 0 Å². The largest absolute Gasteiger partial charge is 0.480 e. The second-order valence-corrected chi connectivity index (χ2v) is 4.13. The summed E-state index contributed by atoms with van der Waals surface area (Å²) in [6, 6.07) is 2.18. The molecule has 104 valence electrons. The Labute approximate surface area is 109 Å². The van der Waals surface area contributed by atoms with Gasteiger partial charge in [-0.1, -0.05) is 0 Å². The van der Waals surface area contributed by atoms with Crippen molar-refractivity contribution in [2.24, 2.45) is 0 Å². The highest BCUT2D eigenvalue weighted by Gasteiger charge is 2.34. The topological polar surface area (TPSA) is 89.2 Å². The molecule has 1 aromatic rings. The predicted octanol–water partition coefficient (Wildman–Crippen LogP) is 0.352. The summed E-state index contributed by atoms with van der Waals surface area (Å²) in [6.45, 7) is 0.808. The first kappa shape index (κ1) is 13.6. The van der Waals surface area contributed by atoms with E-state index in [9.17, 15) is 9.59 Å². The average molecular weight is 269 g/mol. The van der Waals surface area contributed by atoms with Gasteiger partial charge in [0.05, 0.1) is 13.2 Å². The Bertz CT molecular complexity index is 469. The molecule has 0 aliphatic carbocycles. The van der Waals surface area contributed by atoms with Gasteiger partial charge >= 0.3 is 5.97 Å². The monoisotopic (exact) mass is 269 g/mol. The fourth-order valence-corrected chi connectivity index (χ4v) is 1.91. The summed E-state index contributed by atoms with van der Waals surface area (Å²) < 4.78 is 15.3. The molecule has 2 rings (SSSR count). The van der Waals surface area contributed by atoms with Gasteiger partial charge < -0.3 is 23.9 Å². The summed E-state index contributed by atoms with van der Waals surface area (Å²) in [5, 5.41) is 9.07. The number of ether oxygens (including phenoxy) is 2. The third kappa shape index (κ3) is 2.94. The van der Waals surface area contributed by atoms with Crippen molar-refractivity contribution >= 4 is 11.9 Å². The lowest BCUT2D eigenvalue weighted by molar-refractivity contribution is -0.147. The number of hydrogen-bond donors (Lipinski definition) is 1. The van der Waals surface area contributed by atoms with Crippen LogP contribution >= 0.6 is 0 Å². The number of rotatable bonds is 4. The van der Waals surface area contributed by atoms with Crippen LogP contribution in [0.4, 0.5) is 0 Å². The van der Waals surface area contributed by atoms with E-state index in [0.717, 1.165) is 0 Å². The number of furan rings is 1. The molecule has 0 spiro atoms. The summed E-state index contributed by atoms with van der Waals surface area (Å²) in [5.41, 5.74) is 0. The normalized spacial score (nSPS) is 19.4. The van der Waals surface area contributed by atoms with E-state index in [1.54, 1.807) is 6.07 Å². The number of carbonyl (C=O) groups excluding carboxylic acids is 1. The van der Waals surface area contributed by atoms with Crippen molar-refractivity contribution in [3.8, 4) is 0 Å². The maximum absolute atomic E-state index is 12.2. The predicted molar refractivity (Wildman–Crippen MR) is 62.7 cm³/mol. The van der Waals surface area contributed by atoms with Crippen molar-refractivity contribution in [3.63, 3.8) is 0 Å². The number of hydrogen-bond acceptors (Lipinski definition) is 5. The van der Waals surface area contributed by atoms with Crippen molar-refractivity contribution in [2.45, 2.75) is 12.6 Å². The van der Waals surface area contributed by atoms with Gasteiger partial charge in [-0.05, 0) is 12.1 Å². The molecule has 1 aromatic heterocycles. The van der Waals surface area contributed by atoms with Crippen molar-refractivity contribution in [3.05, 3.63) is 23.7 Å². The highest BCUT2D eigenvalue weighted by Crippen LogP contribution is 2.16. The number of morpholine rings is 1. The number of carbonyl (C=O) groups is 2. The van der Waals surface area contributed by atoms with E-state index in [4.69, 9.17) is 19.0 Å². The minimum atomic E-state index is -1.09. The number of nitrogens with zero attached hydrogens (tertiary/aromatic N) is 1. The maximum atomic E-state index is 12.2. The summed E-state index contributed by atoms with van der Waals surface area (Å²) in [7, 11) is 1.52. The zero-order valence-electron chi connectivity index (χ0n) is 10.5. The Kier molecular flexibility index (Phi) is 4.18. The molecule has 0 saturated carbocycles. The highest BCUT2D eigenvalue weighted by atomic mass is 16.5. The van der Waals surface area contributed by atoms with Crippen LogP contribution in [0.15, 0.2) is 16.5 Å². The van der Waals surface area contributed by atoms with E-state index in [1.165, 1.54) is 18.1 Å². The summed E-state index contributed by atoms with van der Waals surface area (Å²) >= 11 is 0. The van der Waals surface area contributed by atoms with Gasteiger partial charge in [-0.3, -0.25) is 4.79 Å². The Morgan fingerprint density at radius 2 is 2.32 bits per heavy atom. The number of carboxylic acids is 1. The average Bonchev–Trinajstić information content (AvgIpc) is 2.87. The molecule has 1 atom stereocenters. The molecule has 1 fully saturated rings. The Hall–Kier alpha value is -1.86. The van der Waals surface area contributed by atoms with Gasteiger partial charge in [-0.25, -0.2) is 4.79 Å². The van der Waals surface area contributed by atoms with Crippen LogP contribution in [0.3, 0.4) is 0 Å². The summed E-state index contributed by atoms with van der Waals surface area (Å²) in [6.07, 6.45) is 0. The van der Waals surface area contributed by atoms with E-state index in [0.29, 0.717) is 12.4 Å². The number of methoxy groups -OCH3 is 1. The SMILES string of the molecule is COCc1ccc(C(=O)N2CCOCC2C(=O)O)o1. The summed E-state index contributed by atoms with van der Waals surface area (Å²) in [5.74, 6) is -0.902. The molecular formula is C12H15NO6. The van der Waals surface area contributed by atoms with Crippen LogP contribution in [0.5, 0.6) is 0 Å². The molecule has 7 nitrogen and oxygen atoms in total. The van der Waals surface area contributed by atoms with Gasteiger partial charge in [0.2, 0.25) is 0 Å². The van der Waals surface area contributed by atoms with Crippen molar-refractivity contribution < 1.29 is 28.6 Å². The van der Waals surface area contributed by atoms with Gasteiger partial charge in [0.15, 0.2) is 11.8 Å². The Morgan fingerprint density at radius 3 is 3.00 bits per heavy atom. The maximum Gasteiger partial charge on any atom is 0.328 e. The van der Waals surface area contributed by atoms with Gasteiger partial charge in [0.1, 0.15) is 12.4 Å².